The van der Waals surface area contributed by atoms with Crippen LogP contribution in [0.4, 0.5) is 0 Å². The lowest BCUT2D eigenvalue weighted by atomic mass is 9.85. The van der Waals surface area contributed by atoms with Crippen molar-refractivity contribution in [1.82, 2.24) is 14.9 Å². The summed E-state index contributed by atoms with van der Waals surface area (Å²) in [7, 11) is 0. The van der Waals surface area contributed by atoms with Gasteiger partial charge in [0.05, 0.1) is 12.9 Å². The minimum atomic E-state index is 0.224. The molecule has 102 valence electrons. The Morgan fingerprint density at radius 1 is 1.50 bits per heavy atom. The van der Waals surface area contributed by atoms with E-state index in [0.29, 0.717) is 12.1 Å². The van der Waals surface area contributed by atoms with Crippen LogP contribution in [0.5, 0.6) is 0 Å². The van der Waals surface area contributed by atoms with Crippen molar-refractivity contribution in [1.29, 1.82) is 0 Å². The number of ether oxygens (including phenoxy) is 1. The van der Waals surface area contributed by atoms with Crippen LogP contribution < -0.4 is 5.32 Å². The zero-order valence-corrected chi connectivity index (χ0v) is 11.7. The fourth-order valence-corrected chi connectivity index (χ4v) is 2.34. The minimum absolute atomic E-state index is 0.224. The molecule has 0 radical (unpaired) electrons. The number of nitrogens with one attached hydrogen (secondary N) is 1. The number of imidazole rings is 1. The maximum atomic E-state index is 5.55. The first-order valence-electron chi connectivity index (χ1n) is 6.85. The predicted molar refractivity (Wildman–Crippen MR) is 72.4 cm³/mol. The maximum Gasteiger partial charge on any atom is 0.0946 e. The van der Waals surface area contributed by atoms with E-state index >= 15 is 0 Å². The second-order valence-electron chi connectivity index (χ2n) is 6.26. The highest BCUT2D eigenvalue weighted by atomic mass is 16.5. The molecule has 0 saturated carbocycles. The van der Waals surface area contributed by atoms with Gasteiger partial charge < -0.3 is 14.6 Å². The molecule has 1 aliphatic rings. The molecular formula is C14H25N3O. The average Bonchev–Trinajstić information content (AvgIpc) is 2.81. The Bertz CT molecular complexity index is 336. The average molecular weight is 251 g/mol. The van der Waals surface area contributed by atoms with Gasteiger partial charge in [0.15, 0.2) is 0 Å². The molecule has 1 aromatic rings. The Morgan fingerprint density at radius 3 is 2.89 bits per heavy atom. The first-order valence-corrected chi connectivity index (χ1v) is 6.85. The van der Waals surface area contributed by atoms with Crippen LogP contribution in [-0.2, 0) is 11.3 Å². The van der Waals surface area contributed by atoms with E-state index in [4.69, 9.17) is 4.74 Å². The molecule has 2 rings (SSSR count). The van der Waals surface area contributed by atoms with Gasteiger partial charge in [-0.2, -0.15) is 0 Å². The zero-order valence-electron chi connectivity index (χ0n) is 11.7. The summed E-state index contributed by atoms with van der Waals surface area (Å²) in [6.07, 6.45) is 8.13. The molecule has 18 heavy (non-hydrogen) atoms. The molecule has 0 aliphatic carbocycles. The van der Waals surface area contributed by atoms with Crippen LogP contribution in [0, 0.1) is 5.41 Å². The van der Waals surface area contributed by atoms with Gasteiger partial charge in [0.1, 0.15) is 0 Å². The Kier molecular flexibility index (Phi) is 4.40. The summed E-state index contributed by atoms with van der Waals surface area (Å²) in [5.74, 6) is 0. The van der Waals surface area contributed by atoms with E-state index in [9.17, 15) is 0 Å². The van der Waals surface area contributed by atoms with E-state index < -0.39 is 0 Å². The van der Waals surface area contributed by atoms with Crippen LogP contribution in [0.2, 0.25) is 0 Å². The van der Waals surface area contributed by atoms with Crippen molar-refractivity contribution < 1.29 is 4.74 Å². The van der Waals surface area contributed by atoms with Crippen molar-refractivity contribution >= 4 is 0 Å². The van der Waals surface area contributed by atoms with Gasteiger partial charge in [-0.15, -0.1) is 0 Å². The molecule has 2 unspecified atom stereocenters. The highest BCUT2D eigenvalue weighted by Crippen LogP contribution is 2.22. The molecule has 2 atom stereocenters. The number of hydrogen-bond donors (Lipinski definition) is 1. The molecule has 1 saturated heterocycles. The van der Waals surface area contributed by atoms with Gasteiger partial charge in [-0.1, -0.05) is 20.8 Å². The third kappa shape index (κ3) is 3.82. The Labute approximate surface area is 110 Å². The van der Waals surface area contributed by atoms with E-state index in [1.54, 1.807) is 0 Å². The van der Waals surface area contributed by atoms with Crippen molar-refractivity contribution in [2.45, 2.75) is 52.2 Å². The van der Waals surface area contributed by atoms with Crippen molar-refractivity contribution in [3.8, 4) is 0 Å². The number of aromatic nitrogens is 2. The topological polar surface area (TPSA) is 39.1 Å². The lowest BCUT2D eigenvalue weighted by Gasteiger charge is -2.36. The first-order chi connectivity index (χ1) is 8.55. The van der Waals surface area contributed by atoms with E-state index in [1.807, 2.05) is 18.7 Å². The molecule has 1 aliphatic heterocycles. The Balaban J connectivity index is 1.96. The van der Waals surface area contributed by atoms with Gasteiger partial charge in [0, 0.05) is 37.6 Å². The summed E-state index contributed by atoms with van der Waals surface area (Å²) >= 11 is 0. The second-order valence-corrected chi connectivity index (χ2v) is 6.26. The molecule has 0 amide bonds. The maximum absolute atomic E-state index is 5.55. The SMILES string of the molecule is CC(C)(C)C(Cn1ccnc1)NC1CCCOC1. The first kappa shape index (κ1) is 13.6. The molecule has 0 aromatic carbocycles. The molecule has 1 fully saturated rings. The fourth-order valence-electron chi connectivity index (χ4n) is 2.34. The normalized spacial score (nSPS) is 22.9. The largest absolute Gasteiger partial charge is 0.380 e. The highest BCUT2D eigenvalue weighted by Gasteiger charge is 2.28. The van der Waals surface area contributed by atoms with Gasteiger partial charge in [-0.3, -0.25) is 0 Å². The van der Waals surface area contributed by atoms with Gasteiger partial charge in [-0.05, 0) is 18.3 Å². The van der Waals surface area contributed by atoms with E-state index in [-0.39, 0.29) is 5.41 Å². The summed E-state index contributed by atoms with van der Waals surface area (Å²) in [4.78, 5) is 4.11. The van der Waals surface area contributed by atoms with Crippen molar-refractivity contribution in [2.75, 3.05) is 13.2 Å². The van der Waals surface area contributed by atoms with E-state index in [1.165, 1.54) is 12.8 Å². The van der Waals surface area contributed by atoms with Crippen molar-refractivity contribution in [2.24, 2.45) is 5.41 Å². The van der Waals surface area contributed by atoms with Crippen LogP contribution in [0.1, 0.15) is 33.6 Å². The van der Waals surface area contributed by atoms with Crippen LogP contribution in [0.15, 0.2) is 18.7 Å². The zero-order chi connectivity index (χ0) is 13.0. The van der Waals surface area contributed by atoms with Crippen LogP contribution >= 0.6 is 0 Å². The van der Waals surface area contributed by atoms with E-state index in [2.05, 4.69) is 35.6 Å². The number of nitrogens with zero attached hydrogens (tertiary/aromatic N) is 2. The summed E-state index contributed by atoms with van der Waals surface area (Å²) < 4.78 is 7.69. The summed E-state index contributed by atoms with van der Waals surface area (Å²) in [6, 6.07) is 0.921. The lowest BCUT2D eigenvalue weighted by molar-refractivity contribution is 0.0571. The molecule has 0 spiro atoms. The predicted octanol–water partition coefficient (Wildman–Crippen LogP) is 2.07. The number of hydrogen-bond acceptors (Lipinski definition) is 3. The van der Waals surface area contributed by atoms with Gasteiger partial charge in [-0.25, -0.2) is 4.98 Å². The summed E-state index contributed by atoms with van der Waals surface area (Å²) in [5, 5.41) is 3.76. The molecule has 4 nitrogen and oxygen atoms in total. The lowest BCUT2D eigenvalue weighted by Crippen LogP contribution is -2.50. The quantitative estimate of drug-likeness (QED) is 0.890. The fraction of sp³-hybridized carbons (Fsp3) is 0.786. The summed E-state index contributed by atoms with van der Waals surface area (Å²) in [6.45, 7) is 9.57. The van der Waals surface area contributed by atoms with Crippen LogP contribution in [0.25, 0.3) is 0 Å². The molecular weight excluding hydrogens is 226 g/mol. The van der Waals surface area contributed by atoms with Crippen molar-refractivity contribution in [3.05, 3.63) is 18.7 Å². The van der Waals surface area contributed by atoms with Crippen molar-refractivity contribution in [3.63, 3.8) is 0 Å². The minimum Gasteiger partial charge on any atom is -0.380 e. The second kappa shape index (κ2) is 5.85. The van der Waals surface area contributed by atoms with Gasteiger partial charge in [0.2, 0.25) is 0 Å². The molecule has 1 aromatic heterocycles. The Morgan fingerprint density at radius 2 is 2.33 bits per heavy atom. The molecule has 2 heterocycles. The Hall–Kier alpha value is -0.870. The molecule has 1 N–H and O–H groups in total. The van der Waals surface area contributed by atoms with Crippen LogP contribution in [0.3, 0.4) is 0 Å². The van der Waals surface area contributed by atoms with Gasteiger partial charge >= 0.3 is 0 Å². The van der Waals surface area contributed by atoms with Crippen LogP contribution in [-0.4, -0.2) is 34.8 Å². The number of rotatable bonds is 4. The highest BCUT2D eigenvalue weighted by molar-refractivity contribution is 4.87. The molecule has 0 bridgehead atoms. The third-order valence-electron chi connectivity index (χ3n) is 3.60. The van der Waals surface area contributed by atoms with E-state index in [0.717, 1.165) is 19.8 Å². The summed E-state index contributed by atoms with van der Waals surface area (Å²) in [5.41, 5.74) is 0.224. The molecule has 4 heteroatoms. The standard InChI is InChI=1S/C14H25N3O/c1-14(2,3)13(9-17-7-6-15-11-17)16-12-5-4-8-18-10-12/h6-7,11-13,16H,4-5,8-10H2,1-3H3. The smallest absolute Gasteiger partial charge is 0.0946 e. The van der Waals surface area contributed by atoms with Gasteiger partial charge in [0.25, 0.3) is 0 Å². The monoisotopic (exact) mass is 251 g/mol. The third-order valence-corrected chi connectivity index (χ3v) is 3.60.